The second-order valence-corrected chi connectivity index (χ2v) is 7.08. The van der Waals surface area contributed by atoms with Crippen molar-refractivity contribution in [2.75, 3.05) is 16.8 Å². The van der Waals surface area contributed by atoms with Gasteiger partial charge in [0.2, 0.25) is 5.91 Å². The van der Waals surface area contributed by atoms with Crippen LogP contribution in [0, 0.1) is 5.82 Å². The SMILES string of the molecule is O=C(COc1ccccc1F)Nc1ccc2c(c1)CCC(=O)N2Cc1ccccc1. The standard InChI is InChI=1S/C24H21FN2O3/c25-20-8-4-5-9-22(20)30-16-23(28)26-19-11-12-21-18(14-19)10-13-24(29)27(21)15-17-6-2-1-3-7-17/h1-9,11-12,14H,10,13,15-16H2,(H,26,28). The third-order valence-electron chi connectivity index (χ3n) is 4.94. The van der Waals surface area contributed by atoms with E-state index in [1.165, 1.54) is 12.1 Å². The highest BCUT2D eigenvalue weighted by molar-refractivity contribution is 5.97. The van der Waals surface area contributed by atoms with Crippen molar-refractivity contribution in [3.8, 4) is 5.75 Å². The van der Waals surface area contributed by atoms with Crippen LogP contribution in [-0.4, -0.2) is 18.4 Å². The van der Waals surface area contributed by atoms with Crippen LogP contribution >= 0.6 is 0 Å². The molecule has 0 bridgehead atoms. The van der Waals surface area contributed by atoms with Gasteiger partial charge < -0.3 is 15.0 Å². The predicted octanol–water partition coefficient (Wildman–Crippen LogP) is 4.32. The van der Waals surface area contributed by atoms with Crippen molar-refractivity contribution in [1.82, 2.24) is 0 Å². The topological polar surface area (TPSA) is 58.6 Å². The van der Waals surface area contributed by atoms with E-state index in [9.17, 15) is 14.0 Å². The first-order chi connectivity index (χ1) is 14.6. The van der Waals surface area contributed by atoms with E-state index in [2.05, 4.69) is 5.32 Å². The molecule has 0 fully saturated rings. The fourth-order valence-corrected chi connectivity index (χ4v) is 3.48. The Morgan fingerprint density at radius 3 is 2.57 bits per heavy atom. The summed E-state index contributed by atoms with van der Waals surface area (Å²) in [5.41, 5.74) is 3.53. The molecular formula is C24H21FN2O3. The summed E-state index contributed by atoms with van der Waals surface area (Å²) in [5, 5.41) is 2.77. The van der Waals surface area contributed by atoms with Crippen LogP contribution in [0.1, 0.15) is 17.5 Å². The molecular weight excluding hydrogens is 383 g/mol. The Morgan fingerprint density at radius 2 is 1.77 bits per heavy atom. The zero-order valence-corrected chi connectivity index (χ0v) is 16.3. The maximum absolute atomic E-state index is 13.6. The Hall–Kier alpha value is -3.67. The van der Waals surface area contributed by atoms with Gasteiger partial charge in [-0.3, -0.25) is 9.59 Å². The molecule has 0 spiro atoms. The summed E-state index contributed by atoms with van der Waals surface area (Å²) in [6.45, 7) is 0.214. The molecule has 1 aliphatic heterocycles. The zero-order valence-electron chi connectivity index (χ0n) is 16.3. The highest BCUT2D eigenvalue weighted by atomic mass is 19.1. The number of aryl methyl sites for hydroxylation is 1. The van der Waals surface area contributed by atoms with Crippen molar-refractivity contribution in [3.05, 3.63) is 89.7 Å². The summed E-state index contributed by atoms with van der Waals surface area (Å²) in [5.74, 6) is -0.775. The van der Waals surface area contributed by atoms with Gasteiger partial charge in [0, 0.05) is 17.8 Å². The summed E-state index contributed by atoms with van der Waals surface area (Å²) in [6, 6.07) is 21.3. The lowest BCUT2D eigenvalue weighted by Crippen LogP contribution is -2.34. The highest BCUT2D eigenvalue weighted by Crippen LogP contribution is 2.31. The van der Waals surface area contributed by atoms with E-state index in [0.29, 0.717) is 25.1 Å². The molecule has 5 nitrogen and oxygen atoms in total. The van der Waals surface area contributed by atoms with E-state index in [0.717, 1.165) is 16.8 Å². The van der Waals surface area contributed by atoms with Crippen LogP contribution in [-0.2, 0) is 22.6 Å². The maximum Gasteiger partial charge on any atom is 0.262 e. The molecule has 152 valence electrons. The number of fused-ring (bicyclic) bond motifs is 1. The summed E-state index contributed by atoms with van der Waals surface area (Å²) >= 11 is 0. The van der Waals surface area contributed by atoms with Crippen molar-refractivity contribution < 1.29 is 18.7 Å². The molecule has 1 aliphatic rings. The average Bonchev–Trinajstić information content (AvgIpc) is 2.76. The van der Waals surface area contributed by atoms with E-state index >= 15 is 0 Å². The average molecular weight is 404 g/mol. The Labute approximate surface area is 174 Å². The molecule has 2 amide bonds. The lowest BCUT2D eigenvalue weighted by molar-refractivity contribution is -0.119. The number of carbonyl (C=O) groups excluding carboxylic acids is 2. The van der Waals surface area contributed by atoms with Crippen LogP contribution in [0.4, 0.5) is 15.8 Å². The molecule has 4 rings (SSSR count). The van der Waals surface area contributed by atoms with Crippen LogP contribution < -0.4 is 15.0 Å². The number of ether oxygens (including phenoxy) is 1. The molecule has 0 radical (unpaired) electrons. The summed E-state index contributed by atoms with van der Waals surface area (Å²) in [7, 11) is 0. The molecule has 0 saturated heterocycles. The van der Waals surface area contributed by atoms with Gasteiger partial charge in [0.15, 0.2) is 18.2 Å². The molecule has 0 atom stereocenters. The number of halogens is 1. The summed E-state index contributed by atoms with van der Waals surface area (Å²) in [4.78, 5) is 26.5. The Bertz CT molecular complexity index is 1070. The second-order valence-electron chi connectivity index (χ2n) is 7.08. The molecule has 0 aromatic heterocycles. The zero-order chi connectivity index (χ0) is 20.9. The van der Waals surface area contributed by atoms with E-state index < -0.39 is 5.82 Å². The quantitative estimate of drug-likeness (QED) is 0.666. The molecule has 0 aliphatic carbocycles. The number of hydrogen-bond donors (Lipinski definition) is 1. The van der Waals surface area contributed by atoms with Crippen LogP contribution in [0.5, 0.6) is 5.75 Å². The second kappa shape index (κ2) is 8.78. The Morgan fingerprint density at radius 1 is 1.00 bits per heavy atom. The summed E-state index contributed by atoms with van der Waals surface area (Å²) < 4.78 is 18.8. The fourth-order valence-electron chi connectivity index (χ4n) is 3.48. The number of nitrogens with one attached hydrogen (secondary N) is 1. The van der Waals surface area contributed by atoms with Crippen LogP contribution in [0.3, 0.4) is 0 Å². The third kappa shape index (κ3) is 4.49. The first kappa shape index (κ1) is 19.6. The molecule has 0 saturated carbocycles. The van der Waals surface area contributed by atoms with Gasteiger partial charge in [-0.2, -0.15) is 0 Å². The lowest BCUT2D eigenvalue weighted by atomic mass is 9.99. The number of amides is 2. The van der Waals surface area contributed by atoms with Crippen LogP contribution in [0.2, 0.25) is 0 Å². The van der Waals surface area contributed by atoms with E-state index in [-0.39, 0.29) is 24.2 Å². The molecule has 3 aromatic rings. The highest BCUT2D eigenvalue weighted by Gasteiger charge is 2.24. The van der Waals surface area contributed by atoms with Crippen molar-refractivity contribution in [3.63, 3.8) is 0 Å². The predicted molar refractivity (Wildman–Crippen MR) is 113 cm³/mol. The number of nitrogens with zero attached hydrogens (tertiary/aromatic N) is 1. The maximum atomic E-state index is 13.6. The number of rotatable bonds is 6. The van der Waals surface area contributed by atoms with E-state index in [4.69, 9.17) is 4.74 Å². The van der Waals surface area contributed by atoms with Crippen molar-refractivity contribution >= 4 is 23.2 Å². The third-order valence-corrected chi connectivity index (χ3v) is 4.94. The number of carbonyl (C=O) groups is 2. The normalized spacial score (nSPS) is 13.0. The molecule has 0 unspecified atom stereocenters. The molecule has 1 N–H and O–H groups in total. The molecule has 30 heavy (non-hydrogen) atoms. The summed E-state index contributed by atoms with van der Waals surface area (Å²) in [6.07, 6.45) is 1.04. The molecule has 6 heteroatoms. The monoisotopic (exact) mass is 404 g/mol. The minimum atomic E-state index is -0.512. The fraction of sp³-hybridized carbons (Fsp3) is 0.167. The number of para-hydroxylation sites is 1. The smallest absolute Gasteiger partial charge is 0.262 e. The minimum Gasteiger partial charge on any atom is -0.481 e. The number of anilines is 2. The minimum absolute atomic E-state index is 0.0353. The Kier molecular flexibility index (Phi) is 5.75. The van der Waals surface area contributed by atoms with Crippen LogP contribution in [0.25, 0.3) is 0 Å². The van der Waals surface area contributed by atoms with Gasteiger partial charge in [-0.15, -0.1) is 0 Å². The van der Waals surface area contributed by atoms with Crippen molar-refractivity contribution in [2.45, 2.75) is 19.4 Å². The first-order valence-electron chi connectivity index (χ1n) is 9.74. The first-order valence-corrected chi connectivity index (χ1v) is 9.74. The van der Waals surface area contributed by atoms with E-state index in [1.807, 2.05) is 42.5 Å². The van der Waals surface area contributed by atoms with Gasteiger partial charge in [-0.1, -0.05) is 42.5 Å². The largest absolute Gasteiger partial charge is 0.481 e. The van der Waals surface area contributed by atoms with Crippen molar-refractivity contribution in [1.29, 1.82) is 0 Å². The van der Waals surface area contributed by atoms with Gasteiger partial charge in [0.05, 0.1) is 6.54 Å². The Balaban J connectivity index is 1.43. The van der Waals surface area contributed by atoms with E-state index in [1.54, 1.807) is 23.1 Å². The number of benzene rings is 3. The van der Waals surface area contributed by atoms with Gasteiger partial charge in [-0.05, 0) is 47.9 Å². The van der Waals surface area contributed by atoms with Gasteiger partial charge in [0.1, 0.15) is 0 Å². The molecule has 1 heterocycles. The van der Waals surface area contributed by atoms with Gasteiger partial charge >= 0.3 is 0 Å². The van der Waals surface area contributed by atoms with Crippen molar-refractivity contribution in [2.24, 2.45) is 0 Å². The van der Waals surface area contributed by atoms with Gasteiger partial charge in [-0.25, -0.2) is 4.39 Å². The number of hydrogen-bond acceptors (Lipinski definition) is 3. The van der Waals surface area contributed by atoms with Crippen LogP contribution in [0.15, 0.2) is 72.8 Å². The molecule has 3 aromatic carbocycles. The van der Waals surface area contributed by atoms with Gasteiger partial charge in [0.25, 0.3) is 5.91 Å². The lowest BCUT2D eigenvalue weighted by Gasteiger charge is -2.30.